The molecule has 0 aliphatic carbocycles. The second-order valence-corrected chi connectivity index (χ2v) is 4.96. The van der Waals surface area contributed by atoms with E-state index in [-0.39, 0.29) is 0 Å². The van der Waals surface area contributed by atoms with Gasteiger partial charge >= 0.3 is 0 Å². The molecule has 0 saturated carbocycles. The van der Waals surface area contributed by atoms with Gasteiger partial charge in [-0.05, 0) is 12.1 Å². The number of hydrogen-bond donors (Lipinski definition) is 0. The molecule has 0 amide bonds. The molecule has 19 heavy (non-hydrogen) atoms. The summed E-state index contributed by atoms with van der Waals surface area (Å²) in [6.07, 6.45) is 5.24. The molecule has 7 nitrogen and oxygen atoms in total. The number of rotatable bonds is 2. The van der Waals surface area contributed by atoms with Gasteiger partial charge in [0, 0.05) is 13.2 Å². The first-order valence-corrected chi connectivity index (χ1v) is 6.38. The van der Waals surface area contributed by atoms with Gasteiger partial charge in [-0.3, -0.25) is 4.68 Å². The summed E-state index contributed by atoms with van der Waals surface area (Å²) in [4.78, 5) is 0.727. The molecule has 0 aliphatic rings. The van der Waals surface area contributed by atoms with Gasteiger partial charge in [-0.1, -0.05) is 11.3 Å². The van der Waals surface area contributed by atoms with Crippen LogP contribution in [0.25, 0.3) is 27.1 Å². The Bertz CT molecular complexity index is 840. The number of aryl methyl sites for hydroxylation is 1. The summed E-state index contributed by atoms with van der Waals surface area (Å²) in [7, 11) is 1.86. The number of fused-ring (bicyclic) bond motifs is 1. The van der Waals surface area contributed by atoms with E-state index in [0.717, 1.165) is 21.3 Å². The van der Waals surface area contributed by atoms with Gasteiger partial charge in [0.25, 0.3) is 0 Å². The summed E-state index contributed by atoms with van der Waals surface area (Å²) in [5, 5.41) is 17.7. The summed E-state index contributed by atoms with van der Waals surface area (Å²) >= 11 is 1.43. The van der Waals surface area contributed by atoms with Crippen molar-refractivity contribution in [1.29, 1.82) is 0 Å². The maximum Gasteiger partial charge on any atom is 0.235 e. The van der Waals surface area contributed by atoms with Crippen LogP contribution in [-0.4, -0.2) is 29.6 Å². The van der Waals surface area contributed by atoms with Crippen molar-refractivity contribution in [3.63, 3.8) is 0 Å². The van der Waals surface area contributed by atoms with E-state index in [2.05, 4.69) is 20.4 Å². The highest BCUT2D eigenvalue weighted by molar-refractivity contribution is 7.19. The second kappa shape index (κ2) is 3.75. The van der Waals surface area contributed by atoms with Crippen LogP contribution in [0.15, 0.2) is 35.2 Å². The fourth-order valence-corrected chi connectivity index (χ4v) is 2.64. The Labute approximate surface area is 111 Å². The maximum absolute atomic E-state index is 5.34. The Morgan fingerprint density at radius 1 is 1.32 bits per heavy atom. The molecule has 0 aliphatic heterocycles. The van der Waals surface area contributed by atoms with E-state index in [1.807, 2.05) is 25.4 Å². The highest BCUT2D eigenvalue weighted by Gasteiger charge is 2.16. The zero-order valence-electron chi connectivity index (χ0n) is 9.89. The van der Waals surface area contributed by atoms with E-state index in [0.29, 0.717) is 5.82 Å². The smallest absolute Gasteiger partial charge is 0.235 e. The average Bonchev–Trinajstić information content (AvgIpc) is 3.11. The fourth-order valence-electron chi connectivity index (χ4n) is 1.83. The van der Waals surface area contributed by atoms with E-state index >= 15 is 0 Å². The fraction of sp³-hybridized carbons (Fsp3) is 0.0909. The second-order valence-electron chi connectivity index (χ2n) is 4.01. The number of furan rings is 1. The summed E-state index contributed by atoms with van der Waals surface area (Å²) < 4.78 is 8.76. The summed E-state index contributed by atoms with van der Waals surface area (Å²) in [6, 6.07) is 3.70. The molecule has 94 valence electrons. The molecule has 0 N–H and O–H groups in total. The van der Waals surface area contributed by atoms with Gasteiger partial charge < -0.3 is 4.42 Å². The van der Waals surface area contributed by atoms with E-state index in [1.54, 1.807) is 21.7 Å². The Morgan fingerprint density at radius 3 is 3.00 bits per heavy atom. The van der Waals surface area contributed by atoms with Crippen molar-refractivity contribution in [2.24, 2.45) is 7.05 Å². The van der Waals surface area contributed by atoms with Crippen LogP contribution in [-0.2, 0) is 7.05 Å². The third-order valence-corrected chi connectivity index (χ3v) is 3.60. The van der Waals surface area contributed by atoms with E-state index in [1.165, 1.54) is 11.3 Å². The van der Waals surface area contributed by atoms with E-state index in [4.69, 9.17) is 4.42 Å². The van der Waals surface area contributed by atoms with Crippen molar-refractivity contribution < 1.29 is 4.42 Å². The zero-order valence-corrected chi connectivity index (χ0v) is 10.7. The van der Waals surface area contributed by atoms with Crippen molar-refractivity contribution in [2.75, 3.05) is 0 Å². The SMILES string of the molecule is Cn1cc(-c2nnc3sc(-c4ccco4)nn23)cn1. The molecule has 0 spiro atoms. The molecule has 0 fully saturated rings. The van der Waals surface area contributed by atoms with Gasteiger partial charge in [0.2, 0.25) is 4.96 Å². The Kier molecular flexibility index (Phi) is 2.06. The average molecular weight is 272 g/mol. The number of aromatic nitrogens is 6. The third-order valence-electron chi connectivity index (χ3n) is 2.69. The highest BCUT2D eigenvalue weighted by Crippen LogP contribution is 2.27. The molecule has 4 aromatic rings. The van der Waals surface area contributed by atoms with Crippen LogP contribution in [0.4, 0.5) is 0 Å². The quantitative estimate of drug-likeness (QED) is 0.556. The van der Waals surface area contributed by atoms with Gasteiger partial charge in [0.05, 0.1) is 18.0 Å². The van der Waals surface area contributed by atoms with E-state index in [9.17, 15) is 0 Å². The molecule has 0 bridgehead atoms. The Balaban J connectivity index is 1.89. The van der Waals surface area contributed by atoms with Crippen LogP contribution in [0.3, 0.4) is 0 Å². The summed E-state index contributed by atoms with van der Waals surface area (Å²) in [5.41, 5.74) is 0.881. The standard InChI is InChI=1S/C11H8N6OS/c1-16-6-7(5-12-16)9-13-14-11-17(9)15-10(19-11)8-3-2-4-18-8/h2-6H,1H3. The normalized spacial score (nSPS) is 11.4. The van der Waals surface area contributed by atoms with Crippen LogP contribution >= 0.6 is 11.3 Å². The Morgan fingerprint density at radius 2 is 2.26 bits per heavy atom. The minimum absolute atomic E-state index is 0.678. The monoisotopic (exact) mass is 272 g/mol. The first-order chi connectivity index (χ1) is 9.31. The first-order valence-electron chi connectivity index (χ1n) is 5.56. The Hall–Kier alpha value is -2.48. The first kappa shape index (κ1) is 10.4. The van der Waals surface area contributed by atoms with Crippen molar-refractivity contribution in [1.82, 2.24) is 29.6 Å². The molecule has 4 rings (SSSR count). The van der Waals surface area contributed by atoms with Gasteiger partial charge in [0.1, 0.15) is 0 Å². The topological polar surface area (TPSA) is 74.0 Å². The van der Waals surface area contributed by atoms with Crippen molar-refractivity contribution in [3.8, 4) is 22.2 Å². The molecule has 0 radical (unpaired) electrons. The molecule has 4 aromatic heterocycles. The number of hydrogen-bond acceptors (Lipinski definition) is 6. The zero-order chi connectivity index (χ0) is 12.8. The highest BCUT2D eigenvalue weighted by atomic mass is 32.1. The molecular weight excluding hydrogens is 264 g/mol. The number of nitrogens with zero attached hydrogens (tertiary/aromatic N) is 6. The van der Waals surface area contributed by atoms with Gasteiger partial charge in [0.15, 0.2) is 16.6 Å². The van der Waals surface area contributed by atoms with Crippen molar-refractivity contribution in [2.45, 2.75) is 0 Å². The molecule has 0 saturated heterocycles. The van der Waals surface area contributed by atoms with Gasteiger partial charge in [-0.25, -0.2) is 0 Å². The lowest BCUT2D eigenvalue weighted by molar-refractivity contribution is 0.580. The lowest BCUT2D eigenvalue weighted by atomic mass is 10.3. The molecule has 0 atom stereocenters. The van der Waals surface area contributed by atoms with Crippen molar-refractivity contribution >= 4 is 16.3 Å². The summed E-state index contributed by atoms with van der Waals surface area (Å²) in [5.74, 6) is 1.41. The maximum atomic E-state index is 5.34. The predicted octanol–water partition coefficient (Wildman–Crippen LogP) is 1.85. The molecule has 4 heterocycles. The van der Waals surface area contributed by atoms with Crippen LogP contribution in [0.1, 0.15) is 0 Å². The van der Waals surface area contributed by atoms with Crippen LogP contribution in [0, 0.1) is 0 Å². The van der Waals surface area contributed by atoms with E-state index < -0.39 is 0 Å². The van der Waals surface area contributed by atoms with Gasteiger partial charge in [-0.15, -0.1) is 15.3 Å². The molecule has 8 heteroatoms. The molecule has 0 unspecified atom stereocenters. The predicted molar refractivity (Wildman–Crippen MR) is 68.6 cm³/mol. The van der Waals surface area contributed by atoms with Crippen LogP contribution in [0.2, 0.25) is 0 Å². The van der Waals surface area contributed by atoms with Crippen LogP contribution in [0.5, 0.6) is 0 Å². The van der Waals surface area contributed by atoms with Gasteiger partial charge in [-0.2, -0.15) is 9.61 Å². The minimum Gasteiger partial charge on any atom is -0.462 e. The minimum atomic E-state index is 0.678. The largest absolute Gasteiger partial charge is 0.462 e. The third kappa shape index (κ3) is 1.57. The summed E-state index contributed by atoms with van der Waals surface area (Å²) in [6.45, 7) is 0. The molecule has 0 aromatic carbocycles. The van der Waals surface area contributed by atoms with Crippen molar-refractivity contribution in [3.05, 3.63) is 30.8 Å². The molecular formula is C11H8N6OS. The lowest BCUT2D eigenvalue weighted by Crippen LogP contribution is -1.89. The lowest BCUT2D eigenvalue weighted by Gasteiger charge is -1.90. The van der Waals surface area contributed by atoms with Crippen LogP contribution < -0.4 is 0 Å².